The van der Waals surface area contributed by atoms with Gasteiger partial charge in [-0.05, 0) is 129 Å². The van der Waals surface area contributed by atoms with E-state index in [-0.39, 0.29) is 17.8 Å². The SMILES string of the molecule is O=C(O)[C@@H](Cc1cccc(CNCCN(Cc2cccc(C[C@H](C(=O)O)[C@H]3CCNC3)c2)Cc2cccc(C[C@H](C(=O)O)[C@H]3CCNC3)c2)c1)[C@H]1CCNC1. The summed E-state index contributed by atoms with van der Waals surface area (Å²) in [5.74, 6) is -3.03. The lowest BCUT2D eigenvalue weighted by atomic mass is 9.86. The fourth-order valence-electron chi connectivity index (χ4n) is 8.97. The maximum atomic E-state index is 12.3. The molecule has 7 N–H and O–H groups in total. The Morgan fingerprint density at radius 1 is 0.582 bits per heavy atom. The van der Waals surface area contributed by atoms with E-state index in [4.69, 9.17) is 0 Å². The minimum absolute atomic E-state index is 0.130. The Balaban J connectivity index is 1.12. The van der Waals surface area contributed by atoms with Crippen molar-refractivity contribution in [2.75, 3.05) is 52.4 Å². The number of nitrogens with one attached hydrogen (secondary N) is 4. The van der Waals surface area contributed by atoms with Gasteiger partial charge in [-0.1, -0.05) is 72.8 Å². The van der Waals surface area contributed by atoms with Gasteiger partial charge in [0.1, 0.15) is 0 Å². The summed E-state index contributed by atoms with van der Waals surface area (Å²) in [6.45, 7) is 8.33. The molecule has 3 heterocycles. The molecule has 3 aromatic rings. The van der Waals surface area contributed by atoms with Gasteiger partial charge < -0.3 is 36.6 Å². The molecular weight excluding hydrogens is 695 g/mol. The molecule has 0 bridgehead atoms. The van der Waals surface area contributed by atoms with Crippen LogP contribution in [0.2, 0.25) is 0 Å². The third-order valence-electron chi connectivity index (χ3n) is 12.0. The Labute approximate surface area is 325 Å². The average Bonchev–Trinajstić information content (AvgIpc) is 3.99. The van der Waals surface area contributed by atoms with Crippen molar-refractivity contribution in [3.8, 4) is 0 Å². The molecule has 0 spiro atoms. The second kappa shape index (κ2) is 20.2. The molecule has 0 saturated carbocycles. The van der Waals surface area contributed by atoms with Crippen LogP contribution in [0.1, 0.15) is 52.6 Å². The predicted molar refractivity (Wildman–Crippen MR) is 213 cm³/mol. The molecule has 296 valence electrons. The quantitative estimate of drug-likeness (QED) is 0.0787. The molecule has 6 rings (SSSR count). The second-order valence-corrected chi connectivity index (χ2v) is 16.1. The van der Waals surface area contributed by atoms with Gasteiger partial charge in [-0.3, -0.25) is 19.3 Å². The highest BCUT2D eigenvalue weighted by Crippen LogP contribution is 2.27. The molecule has 3 fully saturated rings. The van der Waals surface area contributed by atoms with E-state index in [9.17, 15) is 29.7 Å². The summed E-state index contributed by atoms with van der Waals surface area (Å²) in [7, 11) is 0. The van der Waals surface area contributed by atoms with E-state index in [1.807, 2.05) is 36.4 Å². The fourth-order valence-corrected chi connectivity index (χ4v) is 8.97. The number of hydrogen-bond donors (Lipinski definition) is 7. The lowest BCUT2D eigenvalue weighted by Crippen LogP contribution is -2.31. The van der Waals surface area contributed by atoms with E-state index in [1.165, 1.54) is 0 Å². The van der Waals surface area contributed by atoms with Crippen LogP contribution in [0.4, 0.5) is 0 Å². The van der Waals surface area contributed by atoms with Gasteiger partial charge in [-0.2, -0.15) is 0 Å². The van der Waals surface area contributed by atoms with Gasteiger partial charge in [0, 0.05) is 32.7 Å². The minimum atomic E-state index is -0.737. The summed E-state index contributed by atoms with van der Waals surface area (Å²) in [4.78, 5) is 39.0. The number of rotatable bonds is 21. The van der Waals surface area contributed by atoms with Crippen LogP contribution in [-0.2, 0) is 53.3 Å². The topological polar surface area (TPSA) is 163 Å². The van der Waals surface area contributed by atoms with Gasteiger partial charge in [0.2, 0.25) is 0 Å². The van der Waals surface area contributed by atoms with E-state index in [2.05, 4.69) is 62.6 Å². The Hall–Kier alpha value is -4.13. The summed E-state index contributed by atoms with van der Waals surface area (Å²) in [5.41, 5.74) is 6.48. The molecule has 3 aromatic carbocycles. The molecule has 0 aromatic heterocycles. The number of hydrogen-bond acceptors (Lipinski definition) is 8. The normalized spacial score (nSPS) is 21.4. The Morgan fingerprint density at radius 2 is 0.945 bits per heavy atom. The number of carbonyl (C=O) groups is 3. The molecule has 11 nitrogen and oxygen atoms in total. The first-order valence-corrected chi connectivity index (χ1v) is 20.2. The van der Waals surface area contributed by atoms with Crippen molar-refractivity contribution in [2.24, 2.45) is 35.5 Å². The van der Waals surface area contributed by atoms with Crippen LogP contribution in [0.5, 0.6) is 0 Å². The molecule has 3 aliphatic heterocycles. The largest absolute Gasteiger partial charge is 0.481 e. The van der Waals surface area contributed by atoms with E-state index in [0.717, 1.165) is 105 Å². The summed E-state index contributed by atoms with van der Waals surface area (Å²) in [6.07, 6.45) is 4.19. The van der Waals surface area contributed by atoms with Crippen LogP contribution in [0.25, 0.3) is 0 Å². The highest BCUT2D eigenvalue weighted by Gasteiger charge is 2.32. The number of nitrogens with zero attached hydrogens (tertiary/aromatic N) is 1. The lowest BCUT2D eigenvalue weighted by Gasteiger charge is -2.24. The van der Waals surface area contributed by atoms with Crippen LogP contribution in [-0.4, -0.2) is 90.5 Å². The van der Waals surface area contributed by atoms with E-state index < -0.39 is 35.7 Å². The molecule has 0 radical (unpaired) electrons. The van der Waals surface area contributed by atoms with E-state index in [1.54, 1.807) is 0 Å². The van der Waals surface area contributed by atoms with Crippen molar-refractivity contribution in [1.29, 1.82) is 0 Å². The number of benzene rings is 3. The zero-order valence-corrected chi connectivity index (χ0v) is 31.9. The monoisotopic (exact) mass is 753 g/mol. The zero-order valence-electron chi connectivity index (χ0n) is 31.9. The standard InChI is InChI=1S/C44H59N5O6/c50-42(51)39(36-10-13-45-25-36)21-30-4-1-7-33(18-30)24-48-16-17-49(28-34-8-2-5-31(19-34)22-40(43(52)53)37-11-14-46-26-37)29-35-9-3-6-32(20-35)23-41(44(54)55)38-12-15-47-27-38/h1-9,18-20,36-41,45-48H,10-17,21-29H2,(H,50,51)(H,52,53)(H,54,55)/t36-,37-,38-,39-,40-,41-/m0/s1. The molecule has 0 amide bonds. The van der Waals surface area contributed by atoms with Crippen molar-refractivity contribution in [3.63, 3.8) is 0 Å². The van der Waals surface area contributed by atoms with Crippen LogP contribution >= 0.6 is 0 Å². The Kier molecular flexibility index (Phi) is 14.9. The van der Waals surface area contributed by atoms with Gasteiger partial charge in [-0.25, -0.2) is 0 Å². The molecule has 3 aliphatic rings. The summed E-state index contributed by atoms with van der Waals surface area (Å²) < 4.78 is 0. The average molecular weight is 754 g/mol. The van der Waals surface area contributed by atoms with Gasteiger partial charge in [0.05, 0.1) is 17.8 Å². The third kappa shape index (κ3) is 11.9. The van der Waals surface area contributed by atoms with Crippen molar-refractivity contribution in [2.45, 2.75) is 58.2 Å². The highest BCUT2D eigenvalue weighted by molar-refractivity contribution is 5.72. The Morgan fingerprint density at radius 3 is 1.31 bits per heavy atom. The lowest BCUT2D eigenvalue weighted by molar-refractivity contribution is -0.144. The van der Waals surface area contributed by atoms with Crippen molar-refractivity contribution < 1.29 is 29.7 Å². The number of aliphatic carboxylic acids is 3. The van der Waals surface area contributed by atoms with Gasteiger partial charge >= 0.3 is 17.9 Å². The molecule has 55 heavy (non-hydrogen) atoms. The molecule has 11 heteroatoms. The van der Waals surface area contributed by atoms with Crippen molar-refractivity contribution in [1.82, 2.24) is 26.2 Å². The smallest absolute Gasteiger partial charge is 0.307 e. The maximum absolute atomic E-state index is 12.3. The predicted octanol–water partition coefficient (Wildman–Crippen LogP) is 4.04. The molecule has 0 aliphatic carbocycles. The maximum Gasteiger partial charge on any atom is 0.307 e. The van der Waals surface area contributed by atoms with Gasteiger partial charge in [0.15, 0.2) is 0 Å². The van der Waals surface area contributed by atoms with Gasteiger partial charge in [-0.15, -0.1) is 0 Å². The zero-order chi connectivity index (χ0) is 38.6. The van der Waals surface area contributed by atoms with Gasteiger partial charge in [0.25, 0.3) is 0 Å². The van der Waals surface area contributed by atoms with Crippen molar-refractivity contribution in [3.05, 3.63) is 106 Å². The third-order valence-corrected chi connectivity index (χ3v) is 12.0. The van der Waals surface area contributed by atoms with E-state index >= 15 is 0 Å². The molecule has 0 unspecified atom stereocenters. The summed E-state index contributed by atoms with van der Waals surface area (Å²) in [6, 6.07) is 24.9. The second-order valence-electron chi connectivity index (χ2n) is 16.1. The first-order chi connectivity index (χ1) is 26.7. The van der Waals surface area contributed by atoms with Crippen LogP contribution in [0.3, 0.4) is 0 Å². The van der Waals surface area contributed by atoms with Crippen LogP contribution < -0.4 is 21.3 Å². The number of carboxylic acid groups (broad SMARTS) is 3. The molecule has 3 saturated heterocycles. The number of carboxylic acids is 3. The van der Waals surface area contributed by atoms with Crippen LogP contribution in [0, 0.1) is 35.5 Å². The molecular formula is C44H59N5O6. The van der Waals surface area contributed by atoms with Crippen molar-refractivity contribution >= 4 is 17.9 Å². The first kappa shape index (κ1) is 40.5. The minimum Gasteiger partial charge on any atom is -0.481 e. The first-order valence-electron chi connectivity index (χ1n) is 20.2. The fraction of sp³-hybridized carbons (Fsp3) is 0.523. The summed E-state index contributed by atoms with van der Waals surface area (Å²) >= 11 is 0. The molecule has 6 atom stereocenters. The Bertz CT molecular complexity index is 1640. The highest BCUT2D eigenvalue weighted by atomic mass is 16.4. The van der Waals surface area contributed by atoms with Crippen LogP contribution in [0.15, 0.2) is 72.8 Å². The van der Waals surface area contributed by atoms with E-state index in [0.29, 0.717) is 38.9 Å². The summed E-state index contributed by atoms with van der Waals surface area (Å²) in [5, 5.41) is 43.6.